The first-order chi connectivity index (χ1) is 15.3. The number of furan rings is 1. The van der Waals surface area contributed by atoms with Gasteiger partial charge in [-0.1, -0.05) is 24.3 Å². The summed E-state index contributed by atoms with van der Waals surface area (Å²) in [5, 5.41) is 22.1. The highest BCUT2D eigenvalue weighted by molar-refractivity contribution is 6.12. The Morgan fingerprint density at radius 1 is 0.844 bits per heavy atom. The molecule has 0 saturated carbocycles. The Hall–Kier alpha value is -4.59. The SMILES string of the molecule is Cc1cc2cccc(C(=O)Nc3ccccc3Oc3ccc(C(=O)O)c(C(=O)O)c3)c2o1. The van der Waals surface area contributed by atoms with Crippen molar-refractivity contribution in [1.29, 1.82) is 0 Å². The average molecular weight is 431 g/mol. The van der Waals surface area contributed by atoms with E-state index in [0.29, 0.717) is 22.6 Å². The number of benzene rings is 3. The summed E-state index contributed by atoms with van der Waals surface area (Å²) in [6.45, 7) is 1.80. The van der Waals surface area contributed by atoms with Crippen molar-refractivity contribution in [3.8, 4) is 11.5 Å². The van der Waals surface area contributed by atoms with Crippen LogP contribution in [-0.4, -0.2) is 28.1 Å². The minimum absolute atomic E-state index is 0.109. The first-order valence-electron chi connectivity index (χ1n) is 9.51. The molecular weight excluding hydrogens is 414 g/mol. The maximum Gasteiger partial charge on any atom is 0.336 e. The van der Waals surface area contributed by atoms with Crippen LogP contribution >= 0.6 is 0 Å². The van der Waals surface area contributed by atoms with Crippen LogP contribution in [0.3, 0.4) is 0 Å². The Kier molecular flexibility index (Phi) is 5.34. The van der Waals surface area contributed by atoms with Gasteiger partial charge in [-0.15, -0.1) is 0 Å². The number of carbonyl (C=O) groups excluding carboxylic acids is 1. The third-order valence-corrected chi connectivity index (χ3v) is 4.73. The standard InChI is InChI=1S/C24H17NO7/c1-13-11-14-5-4-6-17(21(14)31-13)22(26)25-19-7-2-3-8-20(19)32-15-9-10-16(23(27)28)18(12-15)24(29)30/h2-12H,1H3,(H,25,26)(H,27,28)(H,29,30). The number of para-hydroxylation sites is 3. The number of anilines is 1. The monoisotopic (exact) mass is 431 g/mol. The molecule has 4 rings (SSSR count). The molecule has 1 aromatic heterocycles. The van der Waals surface area contributed by atoms with Gasteiger partial charge in [0.25, 0.3) is 5.91 Å². The number of aryl methyl sites for hydroxylation is 1. The van der Waals surface area contributed by atoms with Gasteiger partial charge in [-0.05, 0) is 49.4 Å². The Bertz CT molecular complexity index is 1370. The lowest BCUT2D eigenvalue weighted by Crippen LogP contribution is -2.13. The molecule has 8 heteroatoms. The van der Waals surface area contributed by atoms with E-state index in [-0.39, 0.29) is 17.1 Å². The minimum atomic E-state index is -1.39. The van der Waals surface area contributed by atoms with Crippen molar-refractivity contribution >= 4 is 34.5 Å². The van der Waals surface area contributed by atoms with Crippen molar-refractivity contribution in [2.75, 3.05) is 5.32 Å². The predicted octanol–water partition coefficient (Wildman–Crippen LogP) is 5.18. The first kappa shape index (κ1) is 20.7. The van der Waals surface area contributed by atoms with Gasteiger partial charge in [-0.25, -0.2) is 9.59 Å². The summed E-state index contributed by atoms with van der Waals surface area (Å²) in [7, 11) is 0. The van der Waals surface area contributed by atoms with E-state index in [1.165, 1.54) is 6.07 Å². The van der Waals surface area contributed by atoms with E-state index in [0.717, 1.165) is 17.5 Å². The number of aromatic carboxylic acids is 2. The molecule has 0 aliphatic heterocycles. The maximum absolute atomic E-state index is 12.9. The van der Waals surface area contributed by atoms with E-state index >= 15 is 0 Å². The second-order valence-electron chi connectivity index (χ2n) is 6.95. The van der Waals surface area contributed by atoms with Crippen molar-refractivity contribution in [2.24, 2.45) is 0 Å². The van der Waals surface area contributed by atoms with Gasteiger partial charge in [0.2, 0.25) is 0 Å². The third kappa shape index (κ3) is 4.01. The largest absolute Gasteiger partial charge is 0.478 e. The van der Waals surface area contributed by atoms with Crippen molar-refractivity contribution in [3.05, 3.63) is 89.2 Å². The second kappa shape index (κ2) is 8.27. The number of ether oxygens (including phenoxy) is 1. The van der Waals surface area contributed by atoms with Crippen LogP contribution in [-0.2, 0) is 0 Å². The molecule has 0 bridgehead atoms. The van der Waals surface area contributed by atoms with Crippen LogP contribution in [0, 0.1) is 6.92 Å². The zero-order valence-corrected chi connectivity index (χ0v) is 16.8. The maximum atomic E-state index is 12.9. The molecule has 3 N–H and O–H groups in total. The minimum Gasteiger partial charge on any atom is -0.478 e. The Balaban J connectivity index is 1.64. The Labute approximate surface area is 181 Å². The van der Waals surface area contributed by atoms with Crippen molar-refractivity contribution in [3.63, 3.8) is 0 Å². The fourth-order valence-electron chi connectivity index (χ4n) is 3.30. The van der Waals surface area contributed by atoms with Crippen molar-refractivity contribution < 1.29 is 33.8 Å². The molecule has 32 heavy (non-hydrogen) atoms. The zero-order chi connectivity index (χ0) is 22.8. The molecule has 0 atom stereocenters. The number of carbonyl (C=O) groups is 3. The van der Waals surface area contributed by atoms with Crippen molar-refractivity contribution in [1.82, 2.24) is 0 Å². The van der Waals surface area contributed by atoms with E-state index in [1.54, 1.807) is 43.3 Å². The van der Waals surface area contributed by atoms with Gasteiger partial charge in [-0.3, -0.25) is 4.79 Å². The van der Waals surface area contributed by atoms with Crippen LogP contribution in [0.2, 0.25) is 0 Å². The van der Waals surface area contributed by atoms with Crippen LogP contribution in [0.4, 0.5) is 5.69 Å². The van der Waals surface area contributed by atoms with E-state index in [9.17, 15) is 19.5 Å². The summed E-state index contributed by atoms with van der Waals surface area (Å²) >= 11 is 0. The smallest absolute Gasteiger partial charge is 0.336 e. The fraction of sp³-hybridized carbons (Fsp3) is 0.0417. The lowest BCUT2D eigenvalue weighted by atomic mass is 10.1. The highest BCUT2D eigenvalue weighted by Crippen LogP contribution is 2.32. The fourth-order valence-corrected chi connectivity index (χ4v) is 3.30. The van der Waals surface area contributed by atoms with E-state index in [4.69, 9.17) is 14.3 Å². The van der Waals surface area contributed by atoms with Gasteiger partial charge >= 0.3 is 11.9 Å². The molecule has 4 aromatic rings. The molecule has 0 radical (unpaired) electrons. The molecule has 0 aliphatic rings. The zero-order valence-electron chi connectivity index (χ0n) is 16.8. The van der Waals surface area contributed by atoms with E-state index < -0.39 is 23.4 Å². The molecule has 1 amide bonds. The Morgan fingerprint density at radius 3 is 2.34 bits per heavy atom. The summed E-state index contributed by atoms with van der Waals surface area (Å²) in [5.41, 5.74) is 0.405. The predicted molar refractivity (Wildman–Crippen MR) is 116 cm³/mol. The number of hydrogen-bond acceptors (Lipinski definition) is 5. The molecule has 0 saturated heterocycles. The van der Waals surface area contributed by atoms with Crippen LogP contribution in [0.1, 0.15) is 36.8 Å². The molecule has 0 spiro atoms. The molecule has 8 nitrogen and oxygen atoms in total. The van der Waals surface area contributed by atoms with Gasteiger partial charge in [0.15, 0.2) is 5.75 Å². The number of fused-ring (bicyclic) bond motifs is 1. The highest BCUT2D eigenvalue weighted by Gasteiger charge is 2.19. The summed E-state index contributed by atoms with van der Waals surface area (Å²) in [6.07, 6.45) is 0. The Morgan fingerprint density at radius 2 is 1.59 bits per heavy atom. The van der Waals surface area contributed by atoms with Crippen LogP contribution < -0.4 is 10.1 Å². The van der Waals surface area contributed by atoms with Gasteiger partial charge < -0.3 is 24.7 Å². The van der Waals surface area contributed by atoms with E-state index in [2.05, 4.69) is 5.32 Å². The molecule has 0 fully saturated rings. The number of hydrogen-bond donors (Lipinski definition) is 3. The molecule has 3 aromatic carbocycles. The lowest BCUT2D eigenvalue weighted by Gasteiger charge is -2.13. The quantitative estimate of drug-likeness (QED) is 0.384. The topological polar surface area (TPSA) is 126 Å². The highest BCUT2D eigenvalue weighted by atomic mass is 16.5. The number of carboxylic acid groups (broad SMARTS) is 2. The van der Waals surface area contributed by atoms with Gasteiger partial charge in [0.1, 0.15) is 17.1 Å². The third-order valence-electron chi connectivity index (χ3n) is 4.73. The normalized spacial score (nSPS) is 10.7. The van der Waals surface area contributed by atoms with Gasteiger partial charge in [-0.2, -0.15) is 0 Å². The van der Waals surface area contributed by atoms with Gasteiger partial charge in [0, 0.05) is 5.39 Å². The molecular formula is C24H17NO7. The molecule has 0 unspecified atom stereocenters. The summed E-state index contributed by atoms with van der Waals surface area (Å²) < 4.78 is 11.4. The van der Waals surface area contributed by atoms with E-state index in [1.807, 2.05) is 12.1 Å². The van der Waals surface area contributed by atoms with Crippen LogP contribution in [0.15, 0.2) is 71.1 Å². The average Bonchev–Trinajstić information content (AvgIpc) is 3.15. The molecule has 0 aliphatic carbocycles. The summed E-state index contributed by atoms with van der Waals surface area (Å²) in [4.78, 5) is 35.6. The number of carboxylic acids is 2. The van der Waals surface area contributed by atoms with Crippen molar-refractivity contribution in [2.45, 2.75) is 6.92 Å². The molecule has 1 heterocycles. The number of amides is 1. The van der Waals surface area contributed by atoms with Crippen LogP contribution in [0.5, 0.6) is 11.5 Å². The first-order valence-corrected chi connectivity index (χ1v) is 9.51. The lowest BCUT2D eigenvalue weighted by molar-refractivity contribution is 0.0651. The number of rotatable bonds is 6. The summed E-state index contributed by atoms with van der Waals surface area (Å²) in [5.74, 6) is -2.11. The second-order valence-corrected chi connectivity index (χ2v) is 6.95. The summed E-state index contributed by atoms with van der Waals surface area (Å²) in [6, 6.07) is 17.3. The molecule has 160 valence electrons. The number of nitrogens with one attached hydrogen (secondary N) is 1. The van der Waals surface area contributed by atoms with Crippen LogP contribution in [0.25, 0.3) is 11.0 Å². The van der Waals surface area contributed by atoms with Gasteiger partial charge in [0.05, 0.1) is 22.4 Å².